The third kappa shape index (κ3) is 3.84. The fraction of sp³-hybridized carbons (Fsp3) is 0.111. The lowest BCUT2D eigenvalue weighted by Crippen LogP contribution is -2.23. The molecule has 23 heavy (non-hydrogen) atoms. The number of hydrogen-bond acceptors (Lipinski definition) is 5. The fourth-order valence-electron chi connectivity index (χ4n) is 2.03. The zero-order valence-electron chi connectivity index (χ0n) is 12.1. The Morgan fingerprint density at radius 1 is 0.696 bits per heavy atom. The van der Waals surface area contributed by atoms with Gasteiger partial charge in [-0.3, -0.25) is 4.74 Å². The molecule has 0 radical (unpaired) electrons. The molecule has 3 rings (SSSR count). The van der Waals surface area contributed by atoms with Crippen molar-refractivity contribution in [3.8, 4) is 0 Å². The van der Waals surface area contributed by atoms with Gasteiger partial charge in [-0.1, -0.05) is 36.4 Å². The average Bonchev–Trinajstić information content (AvgIpc) is 3.03. The van der Waals surface area contributed by atoms with E-state index < -0.39 is 24.5 Å². The third-order valence-corrected chi connectivity index (χ3v) is 3.16. The van der Waals surface area contributed by atoms with E-state index in [-0.39, 0.29) is 0 Å². The molecule has 2 aromatic carbocycles. The molecule has 116 valence electrons. The van der Waals surface area contributed by atoms with Gasteiger partial charge in [0.2, 0.25) is 12.6 Å². The summed E-state index contributed by atoms with van der Waals surface area (Å²) in [5, 5.41) is 0. The van der Waals surface area contributed by atoms with Gasteiger partial charge in [0.1, 0.15) is 0 Å². The quantitative estimate of drug-likeness (QED) is 0.642. The number of ether oxygens (including phenoxy) is 3. The number of carbonyl (C=O) groups excluding carboxylic acids is 2. The van der Waals surface area contributed by atoms with Crippen molar-refractivity contribution in [2.24, 2.45) is 0 Å². The highest BCUT2D eigenvalue weighted by molar-refractivity contribution is 5.90. The van der Waals surface area contributed by atoms with Gasteiger partial charge < -0.3 is 9.47 Å². The van der Waals surface area contributed by atoms with Crippen LogP contribution < -0.4 is 0 Å². The van der Waals surface area contributed by atoms with Gasteiger partial charge in [-0.25, -0.2) is 9.59 Å². The van der Waals surface area contributed by atoms with Gasteiger partial charge in [0.25, 0.3) is 0 Å². The number of rotatable bonds is 4. The second-order valence-corrected chi connectivity index (χ2v) is 4.80. The van der Waals surface area contributed by atoms with E-state index in [9.17, 15) is 9.59 Å². The molecule has 0 fully saturated rings. The molecule has 5 heteroatoms. The van der Waals surface area contributed by atoms with Crippen LogP contribution in [-0.4, -0.2) is 24.5 Å². The maximum Gasteiger partial charge on any atom is 0.340 e. The van der Waals surface area contributed by atoms with Crippen LogP contribution in [0.1, 0.15) is 20.7 Å². The van der Waals surface area contributed by atoms with Crippen molar-refractivity contribution in [2.75, 3.05) is 0 Å². The SMILES string of the molecule is O=C(O[C@H]1C=C[C@@H](OC(=O)c2ccccc2)O1)c1ccccc1. The second-order valence-electron chi connectivity index (χ2n) is 4.80. The Balaban J connectivity index is 1.52. The normalized spacial score (nSPS) is 19.3. The summed E-state index contributed by atoms with van der Waals surface area (Å²) in [6, 6.07) is 17.2. The van der Waals surface area contributed by atoms with Gasteiger partial charge in [-0.15, -0.1) is 0 Å². The molecular weight excluding hydrogens is 296 g/mol. The van der Waals surface area contributed by atoms with E-state index in [1.807, 2.05) is 12.1 Å². The molecule has 0 saturated carbocycles. The van der Waals surface area contributed by atoms with Gasteiger partial charge in [-0.2, -0.15) is 0 Å². The highest BCUT2D eigenvalue weighted by Crippen LogP contribution is 2.17. The Labute approximate surface area is 133 Å². The van der Waals surface area contributed by atoms with Crippen LogP contribution in [0.4, 0.5) is 0 Å². The molecule has 1 aliphatic rings. The van der Waals surface area contributed by atoms with Crippen molar-refractivity contribution >= 4 is 11.9 Å². The molecule has 1 aliphatic heterocycles. The van der Waals surface area contributed by atoms with Crippen LogP contribution >= 0.6 is 0 Å². The molecule has 5 nitrogen and oxygen atoms in total. The molecule has 0 amide bonds. The summed E-state index contributed by atoms with van der Waals surface area (Å²) in [5.41, 5.74) is 0.850. The lowest BCUT2D eigenvalue weighted by Gasteiger charge is -2.15. The predicted molar refractivity (Wildman–Crippen MR) is 81.5 cm³/mol. The van der Waals surface area contributed by atoms with Gasteiger partial charge in [-0.05, 0) is 36.4 Å². The summed E-state index contributed by atoms with van der Waals surface area (Å²) < 4.78 is 15.7. The number of benzene rings is 2. The number of hydrogen-bond donors (Lipinski definition) is 0. The summed E-state index contributed by atoms with van der Waals surface area (Å²) in [5.74, 6) is -1.01. The largest absolute Gasteiger partial charge is 0.428 e. The molecule has 0 bridgehead atoms. The summed E-state index contributed by atoms with van der Waals surface area (Å²) in [7, 11) is 0. The lowest BCUT2D eigenvalue weighted by molar-refractivity contribution is -0.153. The summed E-state index contributed by atoms with van der Waals surface area (Å²) in [4.78, 5) is 23.8. The standard InChI is InChI=1S/C18H14O5/c19-17(13-7-3-1-4-8-13)22-15-11-12-16(21-15)23-18(20)14-9-5-2-6-10-14/h1-12,15-16H/t15-,16+. The molecule has 0 saturated heterocycles. The monoisotopic (exact) mass is 310 g/mol. The molecule has 0 aromatic heterocycles. The number of carbonyl (C=O) groups is 2. The lowest BCUT2D eigenvalue weighted by atomic mass is 10.2. The summed E-state index contributed by atoms with van der Waals surface area (Å²) >= 11 is 0. The van der Waals surface area contributed by atoms with Crippen LogP contribution in [0.3, 0.4) is 0 Å². The molecular formula is C18H14O5. The van der Waals surface area contributed by atoms with E-state index in [2.05, 4.69) is 0 Å². The van der Waals surface area contributed by atoms with Gasteiger partial charge in [0.15, 0.2) is 0 Å². The fourth-order valence-corrected chi connectivity index (χ4v) is 2.03. The van der Waals surface area contributed by atoms with Crippen molar-refractivity contribution in [3.63, 3.8) is 0 Å². The first-order valence-corrected chi connectivity index (χ1v) is 7.08. The van der Waals surface area contributed by atoms with Gasteiger partial charge in [0.05, 0.1) is 11.1 Å². The Kier molecular flexibility index (Phi) is 4.49. The van der Waals surface area contributed by atoms with Gasteiger partial charge >= 0.3 is 11.9 Å². The molecule has 0 aliphatic carbocycles. The molecule has 2 aromatic rings. The first-order valence-electron chi connectivity index (χ1n) is 7.08. The summed E-state index contributed by atoms with van der Waals surface area (Å²) in [6.45, 7) is 0. The molecule has 1 heterocycles. The highest BCUT2D eigenvalue weighted by atomic mass is 16.8. The minimum Gasteiger partial charge on any atom is -0.428 e. The van der Waals surface area contributed by atoms with E-state index >= 15 is 0 Å². The van der Waals surface area contributed by atoms with Gasteiger partial charge in [0, 0.05) is 0 Å². The first kappa shape index (κ1) is 15.0. The van der Waals surface area contributed by atoms with Crippen LogP contribution in [0.25, 0.3) is 0 Å². The second kappa shape index (κ2) is 6.89. The average molecular weight is 310 g/mol. The Morgan fingerprint density at radius 2 is 1.09 bits per heavy atom. The minimum absolute atomic E-state index is 0.425. The van der Waals surface area contributed by atoms with Crippen LogP contribution in [0.5, 0.6) is 0 Å². The Morgan fingerprint density at radius 3 is 1.48 bits per heavy atom. The van der Waals surface area contributed by atoms with Crippen LogP contribution in [0, 0.1) is 0 Å². The van der Waals surface area contributed by atoms with E-state index in [4.69, 9.17) is 14.2 Å². The van der Waals surface area contributed by atoms with Crippen molar-refractivity contribution in [2.45, 2.75) is 12.6 Å². The van der Waals surface area contributed by atoms with Crippen molar-refractivity contribution in [3.05, 3.63) is 83.9 Å². The van der Waals surface area contributed by atoms with E-state index in [1.165, 1.54) is 12.2 Å². The van der Waals surface area contributed by atoms with E-state index in [0.717, 1.165) is 0 Å². The van der Waals surface area contributed by atoms with Crippen LogP contribution in [0.2, 0.25) is 0 Å². The van der Waals surface area contributed by atoms with E-state index in [0.29, 0.717) is 11.1 Å². The molecule has 2 atom stereocenters. The Bertz CT molecular complexity index is 647. The first-order chi connectivity index (χ1) is 11.2. The van der Waals surface area contributed by atoms with Crippen molar-refractivity contribution < 1.29 is 23.8 Å². The minimum atomic E-state index is -0.878. The molecule has 0 N–H and O–H groups in total. The molecule has 0 unspecified atom stereocenters. The third-order valence-electron chi connectivity index (χ3n) is 3.16. The zero-order valence-corrected chi connectivity index (χ0v) is 12.1. The highest BCUT2D eigenvalue weighted by Gasteiger charge is 2.26. The van der Waals surface area contributed by atoms with Crippen LogP contribution in [0.15, 0.2) is 72.8 Å². The number of esters is 2. The van der Waals surface area contributed by atoms with Crippen molar-refractivity contribution in [1.29, 1.82) is 0 Å². The Hall–Kier alpha value is -2.92. The van der Waals surface area contributed by atoms with Crippen LogP contribution in [-0.2, 0) is 14.2 Å². The zero-order chi connectivity index (χ0) is 16.1. The maximum absolute atomic E-state index is 11.9. The van der Waals surface area contributed by atoms with E-state index in [1.54, 1.807) is 48.5 Å². The predicted octanol–water partition coefficient (Wildman–Crippen LogP) is 2.94. The smallest absolute Gasteiger partial charge is 0.340 e. The topological polar surface area (TPSA) is 61.8 Å². The maximum atomic E-state index is 11.9. The summed E-state index contributed by atoms with van der Waals surface area (Å²) in [6.07, 6.45) is 1.31. The molecule has 0 spiro atoms. The van der Waals surface area contributed by atoms with Crippen molar-refractivity contribution in [1.82, 2.24) is 0 Å².